The molecule has 0 spiro atoms. The van der Waals surface area contributed by atoms with E-state index in [4.69, 9.17) is 9.47 Å². The summed E-state index contributed by atoms with van der Waals surface area (Å²) in [5, 5.41) is 0.987. The molecule has 1 saturated carbocycles. The topological polar surface area (TPSA) is 35.5 Å². The number of benzene rings is 1. The summed E-state index contributed by atoms with van der Waals surface area (Å²) in [7, 11) is 0. The minimum Gasteiger partial charge on any atom is -0.493 e. The normalized spacial score (nSPS) is 16.5. The molecule has 2 rings (SSSR count). The average molecular weight is 327 g/mol. The maximum Gasteiger partial charge on any atom is 0.338 e. The fourth-order valence-corrected chi connectivity index (χ4v) is 2.85. The highest BCUT2D eigenvalue weighted by Crippen LogP contribution is 2.42. The lowest BCUT2D eigenvalue weighted by molar-refractivity contribution is 0.0526. The molecule has 0 bridgehead atoms. The van der Waals surface area contributed by atoms with Gasteiger partial charge in [0.2, 0.25) is 0 Å². The van der Waals surface area contributed by atoms with Gasteiger partial charge in [0.1, 0.15) is 5.75 Å². The van der Waals surface area contributed by atoms with E-state index in [9.17, 15) is 4.79 Å². The third kappa shape index (κ3) is 3.50. The molecular weight excluding hydrogens is 308 g/mol. The van der Waals surface area contributed by atoms with Gasteiger partial charge in [-0.15, -0.1) is 0 Å². The molecule has 1 aromatic carbocycles. The van der Waals surface area contributed by atoms with Gasteiger partial charge in [0.05, 0.1) is 18.8 Å². The molecule has 1 fully saturated rings. The van der Waals surface area contributed by atoms with Crippen molar-refractivity contribution >= 4 is 21.9 Å². The van der Waals surface area contributed by atoms with Crippen molar-refractivity contribution < 1.29 is 14.3 Å². The smallest absolute Gasteiger partial charge is 0.338 e. The first-order valence-corrected chi connectivity index (χ1v) is 7.77. The Morgan fingerprint density at radius 3 is 2.47 bits per heavy atom. The van der Waals surface area contributed by atoms with E-state index in [2.05, 4.69) is 15.9 Å². The molecule has 0 unspecified atom stereocenters. The third-order valence-electron chi connectivity index (χ3n) is 3.61. The van der Waals surface area contributed by atoms with Gasteiger partial charge in [-0.1, -0.05) is 22.4 Å². The highest BCUT2D eigenvalue weighted by Gasteiger charge is 2.36. The predicted molar refractivity (Wildman–Crippen MR) is 78.0 cm³/mol. The minimum atomic E-state index is -0.287. The first-order chi connectivity index (χ1) is 9.19. The van der Waals surface area contributed by atoms with Crippen LogP contribution in [0.25, 0.3) is 0 Å². The minimum absolute atomic E-state index is 0.287. The van der Waals surface area contributed by atoms with E-state index in [-0.39, 0.29) is 5.97 Å². The van der Waals surface area contributed by atoms with E-state index < -0.39 is 0 Å². The number of ether oxygens (including phenoxy) is 2. The van der Waals surface area contributed by atoms with Gasteiger partial charge in [-0.3, -0.25) is 0 Å². The van der Waals surface area contributed by atoms with Crippen molar-refractivity contribution in [1.82, 2.24) is 0 Å². The van der Waals surface area contributed by atoms with Crippen molar-refractivity contribution in [1.29, 1.82) is 0 Å². The Balaban J connectivity index is 1.90. The predicted octanol–water partition coefficient (Wildman–Crippen LogP) is 3.81. The first-order valence-electron chi connectivity index (χ1n) is 6.65. The lowest BCUT2D eigenvalue weighted by atomic mass is 9.71. The van der Waals surface area contributed by atoms with Gasteiger partial charge < -0.3 is 9.47 Å². The van der Waals surface area contributed by atoms with Crippen LogP contribution in [0.4, 0.5) is 0 Å². The molecule has 104 valence electrons. The lowest BCUT2D eigenvalue weighted by Gasteiger charge is -2.39. The van der Waals surface area contributed by atoms with Crippen LogP contribution >= 0.6 is 15.9 Å². The second kappa shape index (κ2) is 6.42. The van der Waals surface area contributed by atoms with Crippen molar-refractivity contribution in [3.05, 3.63) is 29.8 Å². The molecule has 1 aliphatic rings. The zero-order chi connectivity index (χ0) is 13.7. The summed E-state index contributed by atoms with van der Waals surface area (Å²) in [6.45, 7) is 2.93. The SMILES string of the molecule is CCOC(=O)c1ccc(OCC2(CBr)CCC2)cc1. The van der Waals surface area contributed by atoms with E-state index in [1.807, 2.05) is 12.1 Å². The Morgan fingerprint density at radius 2 is 2.00 bits per heavy atom. The van der Waals surface area contributed by atoms with Crippen LogP contribution < -0.4 is 4.74 Å². The maximum absolute atomic E-state index is 11.5. The maximum atomic E-state index is 11.5. The number of hydrogen-bond acceptors (Lipinski definition) is 3. The van der Waals surface area contributed by atoms with Crippen LogP contribution in [0.5, 0.6) is 5.75 Å². The monoisotopic (exact) mass is 326 g/mol. The molecule has 0 N–H and O–H groups in total. The van der Waals surface area contributed by atoms with Crippen LogP contribution in [0.1, 0.15) is 36.5 Å². The largest absolute Gasteiger partial charge is 0.493 e. The number of hydrogen-bond donors (Lipinski definition) is 0. The fourth-order valence-electron chi connectivity index (χ4n) is 2.13. The van der Waals surface area contributed by atoms with Crippen LogP contribution in [0.3, 0.4) is 0 Å². The van der Waals surface area contributed by atoms with E-state index in [0.717, 1.165) is 17.7 Å². The van der Waals surface area contributed by atoms with E-state index in [1.165, 1.54) is 19.3 Å². The number of carbonyl (C=O) groups excluding carboxylic acids is 1. The van der Waals surface area contributed by atoms with Crippen LogP contribution in [-0.4, -0.2) is 24.5 Å². The average Bonchev–Trinajstić information content (AvgIpc) is 2.39. The molecule has 1 aliphatic carbocycles. The zero-order valence-corrected chi connectivity index (χ0v) is 12.7. The Kier molecular flexibility index (Phi) is 4.86. The van der Waals surface area contributed by atoms with Gasteiger partial charge in [-0.25, -0.2) is 4.79 Å². The lowest BCUT2D eigenvalue weighted by Crippen LogP contribution is -2.37. The van der Waals surface area contributed by atoms with Crippen molar-refractivity contribution in [2.75, 3.05) is 18.5 Å². The molecule has 0 aliphatic heterocycles. The molecule has 0 heterocycles. The summed E-state index contributed by atoms with van der Waals surface area (Å²) in [5.41, 5.74) is 0.868. The fraction of sp³-hybridized carbons (Fsp3) is 0.533. The van der Waals surface area contributed by atoms with E-state index in [1.54, 1.807) is 19.1 Å². The number of esters is 1. The van der Waals surface area contributed by atoms with Crippen molar-refractivity contribution in [3.8, 4) is 5.75 Å². The summed E-state index contributed by atoms with van der Waals surface area (Å²) in [6, 6.07) is 7.14. The van der Waals surface area contributed by atoms with Crippen LogP contribution in [0.2, 0.25) is 0 Å². The number of rotatable bonds is 6. The number of alkyl halides is 1. The second-order valence-electron chi connectivity index (χ2n) is 5.02. The van der Waals surface area contributed by atoms with Crippen molar-refractivity contribution in [2.24, 2.45) is 5.41 Å². The Morgan fingerprint density at radius 1 is 1.32 bits per heavy atom. The first kappa shape index (κ1) is 14.4. The van der Waals surface area contributed by atoms with Gasteiger partial charge >= 0.3 is 5.97 Å². The molecule has 0 aromatic heterocycles. The highest BCUT2D eigenvalue weighted by molar-refractivity contribution is 9.09. The Bertz CT molecular complexity index is 418. The summed E-state index contributed by atoms with van der Waals surface area (Å²) in [5.74, 6) is 0.519. The molecule has 0 saturated heterocycles. The van der Waals surface area contributed by atoms with Crippen LogP contribution in [-0.2, 0) is 4.74 Å². The van der Waals surface area contributed by atoms with Gasteiger partial charge in [-0.05, 0) is 44.0 Å². The molecule has 0 amide bonds. The van der Waals surface area contributed by atoms with Crippen molar-refractivity contribution in [3.63, 3.8) is 0 Å². The molecule has 0 radical (unpaired) electrons. The second-order valence-corrected chi connectivity index (χ2v) is 5.58. The summed E-state index contributed by atoms with van der Waals surface area (Å²) < 4.78 is 10.8. The zero-order valence-electron chi connectivity index (χ0n) is 11.2. The van der Waals surface area contributed by atoms with Crippen molar-refractivity contribution in [2.45, 2.75) is 26.2 Å². The number of halogens is 1. The van der Waals surface area contributed by atoms with E-state index >= 15 is 0 Å². The summed E-state index contributed by atoms with van der Waals surface area (Å²) >= 11 is 3.56. The highest BCUT2D eigenvalue weighted by atomic mass is 79.9. The molecule has 0 atom stereocenters. The van der Waals surface area contributed by atoms with Gasteiger partial charge in [0, 0.05) is 10.7 Å². The number of carbonyl (C=O) groups is 1. The standard InChI is InChI=1S/C15H19BrO3/c1-2-18-14(17)12-4-6-13(7-5-12)19-11-15(10-16)8-3-9-15/h4-7H,2-3,8-11H2,1H3. The Hall–Kier alpha value is -1.03. The van der Waals surface area contributed by atoms with Crippen LogP contribution in [0, 0.1) is 5.41 Å². The summed E-state index contributed by atoms with van der Waals surface area (Å²) in [6.07, 6.45) is 3.73. The molecular formula is C15H19BrO3. The third-order valence-corrected chi connectivity index (χ3v) is 4.80. The van der Waals surface area contributed by atoms with Gasteiger partial charge in [-0.2, -0.15) is 0 Å². The molecule has 3 nitrogen and oxygen atoms in total. The van der Waals surface area contributed by atoms with Gasteiger partial charge in [0.15, 0.2) is 0 Å². The molecule has 1 aromatic rings. The molecule has 4 heteroatoms. The molecule has 19 heavy (non-hydrogen) atoms. The Labute approximate surface area is 122 Å². The van der Waals surface area contributed by atoms with Gasteiger partial charge in [0.25, 0.3) is 0 Å². The summed E-state index contributed by atoms with van der Waals surface area (Å²) in [4.78, 5) is 11.5. The van der Waals surface area contributed by atoms with E-state index in [0.29, 0.717) is 17.6 Å². The van der Waals surface area contributed by atoms with Crippen LogP contribution in [0.15, 0.2) is 24.3 Å². The quantitative estimate of drug-likeness (QED) is 0.589.